The number of nitrogens with zero attached hydrogens (tertiary/aromatic N) is 2. The predicted octanol–water partition coefficient (Wildman–Crippen LogP) is 3.30. The highest BCUT2D eigenvalue weighted by molar-refractivity contribution is 6.31. The molecule has 4 rings (SSSR count). The number of rotatable bonds is 6. The van der Waals surface area contributed by atoms with E-state index in [0.29, 0.717) is 48.0 Å². The highest BCUT2D eigenvalue weighted by Crippen LogP contribution is 2.29. The molecule has 1 saturated heterocycles. The SMILES string of the molecule is COC(=O)C(c1ccccc1Cl)N1CCN(C(=O)c2cccc(NC(=O)NC3CC3)c2)CC1. The molecule has 1 saturated carbocycles. The van der Waals surface area contributed by atoms with Crippen LogP contribution in [0.5, 0.6) is 0 Å². The van der Waals surface area contributed by atoms with Gasteiger partial charge in [0.2, 0.25) is 0 Å². The number of anilines is 1. The molecule has 0 radical (unpaired) electrons. The molecule has 2 aliphatic rings. The summed E-state index contributed by atoms with van der Waals surface area (Å²) < 4.78 is 5.03. The summed E-state index contributed by atoms with van der Waals surface area (Å²) in [5.74, 6) is -0.501. The first kappa shape index (κ1) is 23.1. The van der Waals surface area contributed by atoms with Gasteiger partial charge in [-0.3, -0.25) is 9.69 Å². The first-order valence-electron chi connectivity index (χ1n) is 11.0. The van der Waals surface area contributed by atoms with E-state index in [9.17, 15) is 14.4 Å². The second kappa shape index (κ2) is 10.2. The van der Waals surface area contributed by atoms with Crippen molar-refractivity contribution in [2.24, 2.45) is 0 Å². The first-order valence-corrected chi connectivity index (χ1v) is 11.4. The van der Waals surface area contributed by atoms with Crippen molar-refractivity contribution in [2.45, 2.75) is 24.9 Å². The Hall–Kier alpha value is -3.10. The molecule has 3 amide bonds. The average molecular weight is 471 g/mol. The van der Waals surface area contributed by atoms with Crippen LogP contribution in [0.25, 0.3) is 0 Å². The van der Waals surface area contributed by atoms with Gasteiger partial charge in [0.1, 0.15) is 6.04 Å². The van der Waals surface area contributed by atoms with E-state index < -0.39 is 6.04 Å². The first-order chi connectivity index (χ1) is 16.0. The minimum absolute atomic E-state index is 0.117. The zero-order valence-corrected chi connectivity index (χ0v) is 19.2. The monoisotopic (exact) mass is 470 g/mol. The summed E-state index contributed by atoms with van der Waals surface area (Å²) in [7, 11) is 1.36. The van der Waals surface area contributed by atoms with E-state index in [4.69, 9.17) is 16.3 Å². The number of methoxy groups -OCH3 is 1. The van der Waals surface area contributed by atoms with Gasteiger partial charge < -0.3 is 20.3 Å². The van der Waals surface area contributed by atoms with Gasteiger partial charge in [0.15, 0.2) is 0 Å². The molecule has 174 valence electrons. The Morgan fingerprint density at radius 3 is 2.42 bits per heavy atom. The number of urea groups is 1. The highest BCUT2D eigenvalue weighted by Gasteiger charge is 2.33. The largest absolute Gasteiger partial charge is 0.468 e. The topological polar surface area (TPSA) is 91.0 Å². The number of carbonyl (C=O) groups is 3. The third-order valence-electron chi connectivity index (χ3n) is 5.87. The number of halogens is 1. The molecule has 8 nitrogen and oxygen atoms in total. The third kappa shape index (κ3) is 5.64. The Morgan fingerprint density at radius 1 is 1.03 bits per heavy atom. The quantitative estimate of drug-likeness (QED) is 0.632. The Morgan fingerprint density at radius 2 is 1.76 bits per heavy atom. The Bertz CT molecular complexity index is 1030. The van der Waals surface area contributed by atoms with Crippen LogP contribution in [0.4, 0.5) is 10.5 Å². The summed E-state index contributed by atoms with van der Waals surface area (Å²) in [6.07, 6.45) is 2.01. The highest BCUT2D eigenvalue weighted by atomic mass is 35.5. The van der Waals surface area contributed by atoms with Gasteiger partial charge in [-0.2, -0.15) is 0 Å². The lowest BCUT2D eigenvalue weighted by Crippen LogP contribution is -2.51. The van der Waals surface area contributed by atoms with Gasteiger partial charge >= 0.3 is 12.0 Å². The molecule has 1 aliphatic carbocycles. The van der Waals surface area contributed by atoms with Gasteiger partial charge in [0, 0.05) is 48.5 Å². The van der Waals surface area contributed by atoms with E-state index in [1.54, 1.807) is 35.2 Å². The lowest BCUT2D eigenvalue weighted by atomic mass is 10.0. The third-order valence-corrected chi connectivity index (χ3v) is 6.22. The predicted molar refractivity (Wildman–Crippen MR) is 125 cm³/mol. The molecule has 1 unspecified atom stereocenters. The van der Waals surface area contributed by atoms with Crippen molar-refractivity contribution in [1.82, 2.24) is 15.1 Å². The van der Waals surface area contributed by atoms with Crippen molar-refractivity contribution in [3.8, 4) is 0 Å². The summed E-state index contributed by atoms with van der Waals surface area (Å²) in [5.41, 5.74) is 1.76. The molecule has 1 heterocycles. The van der Waals surface area contributed by atoms with Crippen molar-refractivity contribution in [1.29, 1.82) is 0 Å². The molecular weight excluding hydrogens is 444 g/mol. The molecular formula is C24H27ClN4O4. The van der Waals surface area contributed by atoms with Crippen molar-refractivity contribution in [3.05, 3.63) is 64.7 Å². The van der Waals surface area contributed by atoms with Crippen LogP contribution in [-0.2, 0) is 9.53 Å². The van der Waals surface area contributed by atoms with Crippen molar-refractivity contribution in [2.75, 3.05) is 38.6 Å². The van der Waals surface area contributed by atoms with Gasteiger partial charge in [0.05, 0.1) is 7.11 Å². The molecule has 0 spiro atoms. The maximum Gasteiger partial charge on any atom is 0.327 e. The molecule has 2 aromatic carbocycles. The number of esters is 1. The number of hydrogen-bond donors (Lipinski definition) is 2. The summed E-state index contributed by atoms with van der Waals surface area (Å²) in [6, 6.07) is 13.5. The summed E-state index contributed by atoms with van der Waals surface area (Å²) >= 11 is 6.35. The standard InChI is InChI=1S/C24H27ClN4O4/c1-33-23(31)21(19-7-2-3-8-20(19)25)28-11-13-29(14-12-28)22(30)16-5-4-6-18(15-16)27-24(32)26-17-9-10-17/h2-8,15,17,21H,9-14H2,1H3,(H2,26,27,32). The Balaban J connectivity index is 1.40. The smallest absolute Gasteiger partial charge is 0.327 e. The minimum atomic E-state index is -0.626. The molecule has 1 atom stereocenters. The summed E-state index contributed by atoms with van der Waals surface area (Å²) in [6.45, 7) is 1.91. The van der Waals surface area contributed by atoms with Gasteiger partial charge in [-0.25, -0.2) is 9.59 Å². The summed E-state index contributed by atoms with van der Waals surface area (Å²) in [4.78, 5) is 41.4. The van der Waals surface area contributed by atoms with Gasteiger partial charge in [-0.05, 0) is 42.7 Å². The summed E-state index contributed by atoms with van der Waals surface area (Å²) in [5, 5.41) is 6.15. The van der Waals surface area contributed by atoms with Crippen molar-refractivity contribution in [3.63, 3.8) is 0 Å². The number of carbonyl (C=O) groups excluding carboxylic acids is 3. The average Bonchev–Trinajstić information content (AvgIpc) is 3.64. The molecule has 0 bridgehead atoms. The zero-order valence-electron chi connectivity index (χ0n) is 18.4. The van der Waals surface area contributed by atoms with Crippen molar-refractivity contribution < 1.29 is 19.1 Å². The molecule has 2 N–H and O–H groups in total. The Kier molecular flexibility index (Phi) is 7.15. The van der Waals surface area contributed by atoms with Crippen LogP contribution in [0.15, 0.2) is 48.5 Å². The maximum atomic E-state index is 13.1. The maximum absolute atomic E-state index is 13.1. The number of amides is 3. The van der Waals surface area contributed by atoms with Crippen LogP contribution >= 0.6 is 11.6 Å². The fraction of sp³-hybridized carbons (Fsp3) is 0.375. The molecule has 2 aromatic rings. The van der Waals surface area contributed by atoms with E-state index in [1.165, 1.54) is 7.11 Å². The van der Waals surface area contributed by atoms with Crippen LogP contribution in [0.3, 0.4) is 0 Å². The normalized spacial score (nSPS) is 17.2. The number of benzene rings is 2. The Labute approximate surface area is 197 Å². The minimum Gasteiger partial charge on any atom is -0.468 e. The van der Waals surface area contributed by atoms with Crippen LogP contribution < -0.4 is 10.6 Å². The van der Waals surface area contributed by atoms with E-state index in [1.807, 2.05) is 23.1 Å². The number of hydrogen-bond acceptors (Lipinski definition) is 5. The molecule has 2 fully saturated rings. The van der Waals surface area contributed by atoms with Crippen LogP contribution in [-0.4, -0.2) is 67.0 Å². The van der Waals surface area contributed by atoms with E-state index in [2.05, 4.69) is 10.6 Å². The molecule has 33 heavy (non-hydrogen) atoms. The molecule has 0 aromatic heterocycles. The van der Waals surface area contributed by atoms with Gasteiger partial charge in [0.25, 0.3) is 5.91 Å². The number of nitrogens with one attached hydrogen (secondary N) is 2. The zero-order chi connectivity index (χ0) is 23.4. The van der Waals surface area contributed by atoms with E-state index in [-0.39, 0.29) is 23.9 Å². The second-order valence-electron chi connectivity index (χ2n) is 8.23. The fourth-order valence-corrected chi connectivity index (χ4v) is 4.20. The van der Waals surface area contributed by atoms with Crippen molar-refractivity contribution >= 4 is 35.2 Å². The van der Waals surface area contributed by atoms with Crippen LogP contribution in [0, 0.1) is 0 Å². The second-order valence-corrected chi connectivity index (χ2v) is 8.64. The van der Waals surface area contributed by atoms with E-state index >= 15 is 0 Å². The lowest BCUT2D eigenvalue weighted by Gasteiger charge is -2.38. The number of piperazine rings is 1. The van der Waals surface area contributed by atoms with Gasteiger partial charge in [-0.1, -0.05) is 35.9 Å². The lowest BCUT2D eigenvalue weighted by molar-refractivity contribution is -0.148. The molecule has 9 heteroatoms. The van der Waals surface area contributed by atoms with E-state index in [0.717, 1.165) is 12.8 Å². The van der Waals surface area contributed by atoms with Crippen LogP contribution in [0.2, 0.25) is 5.02 Å². The molecule has 1 aliphatic heterocycles. The fourth-order valence-electron chi connectivity index (χ4n) is 3.96. The van der Waals surface area contributed by atoms with Gasteiger partial charge in [-0.15, -0.1) is 0 Å². The van der Waals surface area contributed by atoms with Crippen LogP contribution in [0.1, 0.15) is 34.8 Å². The number of ether oxygens (including phenoxy) is 1.